The van der Waals surface area contributed by atoms with Crippen molar-refractivity contribution in [2.75, 3.05) is 17.7 Å². The standard InChI is InChI=1S/C16H15N5O3S/c1-2-24-15(22)10-25-14-7-6-13(9-18-14)19-16(23)11-4-3-5-12(8-11)20-21-17/h3-9H,2,10H2,1H3,(H,19,23). The topological polar surface area (TPSA) is 117 Å². The predicted molar refractivity (Wildman–Crippen MR) is 94.8 cm³/mol. The maximum absolute atomic E-state index is 12.2. The Hall–Kier alpha value is -3.03. The SMILES string of the molecule is CCOC(=O)CSc1ccc(NC(=O)c2cccc(N=[N+]=[N-])c2)cn1. The molecule has 8 nitrogen and oxygen atoms in total. The van der Waals surface area contributed by atoms with Gasteiger partial charge in [0.1, 0.15) is 0 Å². The van der Waals surface area contributed by atoms with Gasteiger partial charge in [-0.3, -0.25) is 9.59 Å². The summed E-state index contributed by atoms with van der Waals surface area (Å²) in [5, 5.41) is 6.82. The second-order valence-electron chi connectivity index (χ2n) is 4.67. The van der Waals surface area contributed by atoms with Gasteiger partial charge in [-0.1, -0.05) is 29.0 Å². The first-order valence-corrected chi connectivity index (χ1v) is 8.32. The molecule has 0 fully saturated rings. The summed E-state index contributed by atoms with van der Waals surface area (Å²) in [5.74, 6) is -0.464. The average molecular weight is 357 g/mol. The van der Waals surface area contributed by atoms with Crippen LogP contribution < -0.4 is 5.32 Å². The highest BCUT2D eigenvalue weighted by Gasteiger charge is 2.08. The minimum Gasteiger partial charge on any atom is -0.465 e. The average Bonchev–Trinajstić information content (AvgIpc) is 2.62. The van der Waals surface area contributed by atoms with Crippen LogP contribution in [0.15, 0.2) is 52.7 Å². The number of benzene rings is 1. The fourth-order valence-electron chi connectivity index (χ4n) is 1.84. The van der Waals surface area contributed by atoms with Crippen molar-refractivity contribution in [2.45, 2.75) is 11.9 Å². The van der Waals surface area contributed by atoms with Crippen LogP contribution in [0.1, 0.15) is 17.3 Å². The van der Waals surface area contributed by atoms with Crippen LogP contribution in [0.5, 0.6) is 0 Å². The lowest BCUT2D eigenvalue weighted by molar-refractivity contribution is -0.139. The summed E-state index contributed by atoms with van der Waals surface area (Å²) in [6, 6.07) is 9.74. The number of ether oxygens (including phenoxy) is 1. The normalized spacial score (nSPS) is 9.80. The molecule has 0 spiro atoms. The van der Waals surface area contributed by atoms with E-state index in [1.165, 1.54) is 24.0 Å². The zero-order valence-corrected chi connectivity index (χ0v) is 14.2. The Morgan fingerprint density at radius 3 is 2.88 bits per heavy atom. The van der Waals surface area contributed by atoms with Crippen LogP contribution in [0.3, 0.4) is 0 Å². The van der Waals surface area contributed by atoms with Crippen molar-refractivity contribution < 1.29 is 14.3 Å². The molecule has 0 bridgehead atoms. The summed E-state index contributed by atoms with van der Waals surface area (Å²) < 4.78 is 4.84. The van der Waals surface area contributed by atoms with Crippen LogP contribution in [0.4, 0.5) is 11.4 Å². The first-order valence-electron chi connectivity index (χ1n) is 7.33. The Balaban J connectivity index is 1.96. The number of esters is 1. The van der Waals surface area contributed by atoms with E-state index in [4.69, 9.17) is 10.3 Å². The van der Waals surface area contributed by atoms with Crippen LogP contribution in [0, 0.1) is 0 Å². The monoisotopic (exact) mass is 357 g/mol. The van der Waals surface area contributed by atoms with Crippen molar-refractivity contribution in [3.63, 3.8) is 0 Å². The molecule has 0 saturated heterocycles. The lowest BCUT2D eigenvalue weighted by Gasteiger charge is -2.06. The Morgan fingerprint density at radius 2 is 2.20 bits per heavy atom. The van der Waals surface area contributed by atoms with Crippen LogP contribution in [0.25, 0.3) is 10.4 Å². The lowest BCUT2D eigenvalue weighted by Crippen LogP contribution is -2.11. The van der Waals surface area contributed by atoms with Crippen molar-refractivity contribution in [1.82, 2.24) is 4.98 Å². The first kappa shape index (κ1) is 18.3. The molecular weight excluding hydrogens is 342 g/mol. The van der Waals surface area contributed by atoms with Gasteiger partial charge in [-0.05, 0) is 36.7 Å². The van der Waals surface area contributed by atoms with Crippen LogP contribution in [0.2, 0.25) is 0 Å². The number of nitrogens with zero attached hydrogens (tertiary/aromatic N) is 4. The summed E-state index contributed by atoms with van der Waals surface area (Å²) in [5.41, 5.74) is 9.68. The maximum Gasteiger partial charge on any atom is 0.316 e. The molecule has 2 rings (SSSR count). The second-order valence-corrected chi connectivity index (χ2v) is 5.67. The van der Waals surface area contributed by atoms with E-state index in [1.54, 1.807) is 37.3 Å². The van der Waals surface area contributed by atoms with Gasteiger partial charge in [0.15, 0.2) is 0 Å². The molecule has 0 saturated carbocycles. The molecule has 0 aliphatic heterocycles. The van der Waals surface area contributed by atoms with E-state index < -0.39 is 0 Å². The number of aromatic nitrogens is 1. The highest BCUT2D eigenvalue weighted by atomic mass is 32.2. The lowest BCUT2D eigenvalue weighted by atomic mass is 10.2. The van der Waals surface area contributed by atoms with Gasteiger partial charge in [0.2, 0.25) is 0 Å². The van der Waals surface area contributed by atoms with Crippen LogP contribution in [-0.4, -0.2) is 29.2 Å². The molecule has 1 aromatic carbocycles. The van der Waals surface area contributed by atoms with Crippen LogP contribution >= 0.6 is 11.8 Å². The zero-order chi connectivity index (χ0) is 18.1. The molecule has 0 atom stereocenters. The number of azide groups is 1. The largest absolute Gasteiger partial charge is 0.465 e. The van der Waals surface area contributed by atoms with Crippen molar-refractivity contribution in [1.29, 1.82) is 0 Å². The summed E-state index contributed by atoms with van der Waals surface area (Å²) in [6.07, 6.45) is 1.50. The zero-order valence-electron chi connectivity index (χ0n) is 13.4. The minimum absolute atomic E-state index is 0.179. The summed E-state index contributed by atoms with van der Waals surface area (Å²) in [4.78, 5) is 30.4. The number of pyridine rings is 1. The quantitative estimate of drug-likeness (QED) is 0.265. The van der Waals surface area contributed by atoms with E-state index in [9.17, 15) is 9.59 Å². The number of thioether (sulfide) groups is 1. The summed E-state index contributed by atoms with van der Waals surface area (Å²) >= 11 is 1.26. The fraction of sp³-hybridized carbons (Fsp3) is 0.188. The van der Waals surface area contributed by atoms with E-state index in [2.05, 4.69) is 20.3 Å². The number of hydrogen-bond acceptors (Lipinski definition) is 6. The fourth-order valence-corrected chi connectivity index (χ4v) is 2.48. The third-order valence-electron chi connectivity index (χ3n) is 2.91. The maximum atomic E-state index is 12.2. The highest BCUT2D eigenvalue weighted by Crippen LogP contribution is 2.19. The molecule has 1 N–H and O–H groups in total. The number of hydrogen-bond donors (Lipinski definition) is 1. The van der Waals surface area contributed by atoms with Crippen molar-refractivity contribution in [2.24, 2.45) is 5.11 Å². The Labute approximate surface area is 148 Å². The number of carbonyl (C=O) groups is 2. The van der Waals surface area contributed by atoms with Gasteiger partial charge in [-0.25, -0.2) is 4.98 Å². The predicted octanol–water partition coefficient (Wildman–Crippen LogP) is 3.93. The van der Waals surface area contributed by atoms with E-state index in [1.807, 2.05) is 0 Å². The summed E-state index contributed by atoms with van der Waals surface area (Å²) in [7, 11) is 0. The van der Waals surface area contributed by atoms with E-state index in [-0.39, 0.29) is 17.6 Å². The summed E-state index contributed by atoms with van der Waals surface area (Å²) in [6.45, 7) is 2.10. The molecule has 1 aromatic heterocycles. The van der Waals surface area contributed by atoms with Crippen molar-refractivity contribution >= 4 is 35.0 Å². The van der Waals surface area contributed by atoms with E-state index >= 15 is 0 Å². The second kappa shape index (κ2) is 9.31. The molecule has 0 radical (unpaired) electrons. The van der Waals surface area contributed by atoms with Gasteiger partial charge in [0.25, 0.3) is 5.91 Å². The number of anilines is 1. The van der Waals surface area contributed by atoms with Gasteiger partial charge in [0.05, 0.1) is 29.3 Å². The molecular formula is C16H15N5O3S. The van der Waals surface area contributed by atoms with Crippen molar-refractivity contribution in [3.8, 4) is 0 Å². The molecule has 1 heterocycles. The molecule has 0 unspecified atom stereocenters. The number of carbonyl (C=O) groups excluding carboxylic acids is 2. The molecule has 0 aliphatic rings. The number of amides is 1. The van der Waals surface area contributed by atoms with Crippen molar-refractivity contribution in [3.05, 3.63) is 58.6 Å². The first-order chi connectivity index (χ1) is 12.1. The van der Waals surface area contributed by atoms with Gasteiger partial charge >= 0.3 is 5.97 Å². The smallest absolute Gasteiger partial charge is 0.316 e. The third-order valence-corrected chi connectivity index (χ3v) is 3.82. The number of rotatable bonds is 7. The Bertz CT molecular complexity index is 804. The van der Waals surface area contributed by atoms with Gasteiger partial charge < -0.3 is 10.1 Å². The minimum atomic E-state index is -0.344. The Morgan fingerprint density at radius 1 is 1.36 bits per heavy atom. The molecule has 9 heteroatoms. The molecule has 0 aliphatic carbocycles. The van der Waals surface area contributed by atoms with E-state index in [0.29, 0.717) is 28.6 Å². The van der Waals surface area contributed by atoms with Gasteiger partial charge in [-0.15, -0.1) is 0 Å². The van der Waals surface area contributed by atoms with Gasteiger partial charge in [-0.2, -0.15) is 0 Å². The van der Waals surface area contributed by atoms with Crippen LogP contribution in [-0.2, 0) is 9.53 Å². The molecule has 1 amide bonds. The molecule has 25 heavy (non-hydrogen) atoms. The molecule has 2 aromatic rings. The highest BCUT2D eigenvalue weighted by molar-refractivity contribution is 7.99. The number of nitrogens with one attached hydrogen (secondary N) is 1. The van der Waals surface area contributed by atoms with Gasteiger partial charge in [0, 0.05) is 16.2 Å². The third kappa shape index (κ3) is 5.83. The Kier molecular flexibility index (Phi) is 6.82. The molecule has 128 valence electrons. The van der Waals surface area contributed by atoms with E-state index in [0.717, 1.165) is 0 Å².